The van der Waals surface area contributed by atoms with Crippen molar-refractivity contribution in [3.8, 4) is 0 Å². The minimum absolute atomic E-state index is 0.108. The predicted molar refractivity (Wildman–Crippen MR) is 93.8 cm³/mol. The molecule has 8 heteroatoms. The number of nitrogens with zero attached hydrogens (tertiary/aromatic N) is 3. The molecule has 0 saturated heterocycles. The molecule has 3 rings (SSSR count). The van der Waals surface area contributed by atoms with E-state index in [1.54, 1.807) is 12.4 Å². The molecule has 0 bridgehead atoms. The summed E-state index contributed by atoms with van der Waals surface area (Å²) in [4.78, 5) is 20.2. The molecule has 3 N–H and O–H groups in total. The van der Waals surface area contributed by atoms with E-state index in [0.29, 0.717) is 17.6 Å². The smallest absolute Gasteiger partial charge is 0.407 e. The summed E-state index contributed by atoms with van der Waals surface area (Å²) in [5, 5.41) is 13.5. The molecule has 0 unspecified atom stereocenters. The Morgan fingerprint density at radius 2 is 2.12 bits per heavy atom. The Balaban J connectivity index is 1.56. The number of hydrogen-bond acceptors (Lipinski definition) is 6. The lowest BCUT2D eigenvalue weighted by Gasteiger charge is -2.14. The Bertz CT molecular complexity index is 729. The van der Waals surface area contributed by atoms with Crippen molar-refractivity contribution in [2.45, 2.75) is 58.1 Å². The highest BCUT2D eigenvalue weighted by Gasteiger charge is 2.28. The molecule has 2 aromatic heterocycles. The van der Waals surface area contributed by atoms with E-state index in [1.807, 2.05) is 26.8 Å². The quantitative estimate of drug-likeness (QED) is 0.770. The lowest BCUT2D eigenvalue weighted by molar-refractivity contribution is 0.112. The Kier molecular flexibility index (Phi) is 5.16. The average Bonchev–Trinajstić information content (AvgIpc) is 3.18. The molecule has 1 fully saturated rings. The molecule has 0 radical (unpaired) electrons. The molecular formula is C17H24N6O2. The van der Waals surface area contributed by atoms with Gasteiger partial charge in [0.2, 0.25) is 0 Å². The molecule has 2 aromatic rings. The number of anilines is 2. The molecule has 1 aliphatic rings. The van der Waals surface area contributed by atoms with Gasteiger partial charge in [0.25, 0.3) is 0 Å². The van der Waals surface area contributed by atoms with Gasteiger partial charge in [0.05, 0.1) is 11.8 Å². The van der Waals surface area contributed by atoms with E-state index in [-0.39, 0.29) is 18.2 Å². The van der Waals surface area contributed by atoms with Gasteiger partial charge in [0.15, 0.2) is 11.6 Å². The van der Waals surface area contributed by atoms with Crippen LogP contribution in [0.1, 0.15) is 50.4 Å². The van der Waals surface area contributed by atoms with E-state index in [4.69, 9.17) is 4.74 Å². The summed E-state index contributed by atoms with van der Waals surface area (Å²) >= 11 is 0. The van der Waals surface area contributed by atoms with Gasteiger partial charge in [-0.05, 0) is 40.0 Å². The van der Waals surface area contributed by atoms with Crippen molar-refractivity contribution in [3.63, 3.8) is 0 Å². The third-order valence-corrected chi connectivity index (χ3v) is 4.26. The fraction of sp³-hybridized carbons (Fsp3) is 0.529. The molecule has 2 atom stereocenters. The van der Waals surface area contributed by atoms with Gasteiger partial charge in [-0.1, -0.05) is 0 Å². The summed E-state index contributed by atoms with van der Waals surface area (Å²) < 4.78 is 5.14. The van der Waals surface area contributed by atoms with Gasteiger partial charge in [-0.25, -0.2) is 9.78 Å². The van der Waals surface area contributed by atoms with E-state index < -0.39 is 0 Å². The summed E-state index contributed by atoms with van der Waals surface area (Å²) in [6.45, 7) is 5.58. The lowest BCUT2D eigenvalue weighted by Crippen LogP contribution is -2.34. The van der Waals surface area contributed by atoms with Gasteiger partial charge in [-0.3, -0.25) is 10.1 Å². The highest BCUT2D eigenvalue weighted by Crippen LogP contribution is 2.34. The van der Waals surface area contributed by atoms with Crippen LogP contribution in [0, 0.1) is 6.92 Å². The lowest BCUT2D eigenvalue weighted by atomic mass is 10.0. The second kappa shape index (κ2) is 7.50. The third kappa shape index (κ3) is 4.46. The first kappa shape index (κ1) is 17.2. The number of H-pyrrole nitrogens is 1. The summed E-state index contributed by atoms with van der Waals surface area (Å²) in [7, 11) is 0. The van der Waals surface area contributed by atoms with Crippen molar-refractivity contribution in [1.82, 2.24) is 25.5 Å². The SMILES string of the molecule is Cc1nccnc1Nc1cc([C@H]2CC[C@@H](NC(=O)OC(C)C)C2)[nH]n1. The van der Waals surface area contributed by atoms with Crippen LogP contribution in [0.25, 0.3) is 0 Å². The number of rotatable bonds is 5. The first-order valence-electron chi connectivity index (χ1n) is 8.58. The topological polar surface area (TPSA) is 105 Å². The van der Waals surface area contributed by atoms with Gasteiger partial charge in [0, 0.05) is 36.1 Å². The minimum Gasteiger partial charge on any atom is -0.447 e. The Morgan fingerprint density at radius 1 is 1.32 bits per heavy atom. The Hall–Kier alpha value is -2.64. The van der Waals surface area contributed by atoms with Crippen molar-refractivity contribution in [3.05, 3.63) is 29.8 Å². The second-order valence-corrected chi connectivity index (χ2v) is 6.63. The van der Waals surface area contributed by atoms with Crippen molar-refractivity contribution in [1.29, 1.82) is 0 Å². The number of nitrogens with one attached hydrogen (secondary N) is 3. The Morgan fingerprint density at radius 3 is 2.88 bits per heavy atom. The summed E-state index contributed by atoms with van der Waals surface area (Å²) in [5.41, 5.74) is 1.88. The van der Waals surface area contributed by atoms with Crippen molar-refractivity contribution < 1.29 is 9.53 Å². The minimum atomic E-state index is -0.342. The van der Waals surface area contributed by atoms with E-state index in [2.05, 4.69) is 30.8 Å². The van der Waals surface area contributed by atoms with Gasteiger partial charge < -0.3 is 15.4 Å². The number of ether oxygens (including phenoxy) is 1. The number of carbonyl (C=O) groups excluding carboxylic acids is 1. The van der Waals surface area contributed by atoms with Crippen molar-refractivity contribution >= 4 is 17.7 Å². The number of hydrogen-bond donors (Lipinski definition) is 3. The van der Waals surface area contributed by atoms with Gasteiger partial charge >= 0.3 is 6.09 Å². The molecule has 25 heavy (non-hydrogen) atoms. The highest BCUT2D eigenvalue weighted by molar-refractivity contribution is 5.67. The second-order valence-electron chi connectivity index (χ2n) is 6.63. The van der Waals surface area contributed by atoms with Crippen LogP contribution < -0.4 is 10.6 Å². The van der Waals surface area contributed by atoms with Gasteiger partial charge in [-0.15, -0.1) is 0 Å². The van der Waals surface area contributed by atoms with Gasteiger partial charge in [-0.2, -0.15) is 5.10 Å². The van der Waals surface area contributed by atoms with Crippen molar-refractivity contribution in [2.24, 2.45) is 0 Å². The average molecular weight is 344 g/mol. The molecular weight excluding hydrogens is 320 g/mol. The number of aromatic amines is 1. The van der Waals surface area contributed by atoms with E-state index in [0.717, 1.165) is 30.7 Å². The first-order chi connectivity index (χ1) is 12.0. The molecule has 134 valence electrons. The maximum atomic E-state index is 11.7. The molecule has 0 spiro atoms. The van der Waals surface area contributed by atoms with Crippen molar-refractivity contribution in [2.75, 3.05) is 5.32 Å². The summed E-state index contributed by atoms with van der Waals surface area (Å²) in [6, 6.07) is 2.13. The third-order valence-electron chi connectivity index (χ3n) is 4.26. The first-order valence-corrected chi connectivity index (χ1v) is 8.58. The monoisotopic (exact) mass is 344 g/mol. The number of carbonyl (C=O) groups is 1. The zero-order chi connectivity index (χ0) is 17.8. The maximum Gasteiger partial charge on any atom is 0.407 e. The molecule has 2 heterocycles. The highest BCUT2D eigenvalue weighted by atomic mass is 16.6. The summed E-state index contributed by atoms with van der Waals surface area (Å²) in [5.74, 6) is 1.76. The standard InChI is InChI=1S/C17H24N6O2/c1-10(2)25-17(24)20-13-5-4-12(8-13)14-9-15(23-22-14)21-16-11(3)18-6-7-19-16/h6-7,9-10,12-13H,4-5,8H2,1-3H3,(H,20,24)(H2,19,21,22,23)/t12-,13+/m0/s1. The number of amides is 1. The fourth-order valence-electron chi connectivity index (χ4n) is 3.07. The van der Waals surface area contributed by atoms with Crippen LogP contribution in [-0.4, -0.2) is 38.4 Å². The van der Waals surface area contributed by atoms with Gasteiger partial charge in [0.1, 0.15) is 0 Å². The number of aromatic nitrogens is 4. The van der Waals surface area contributed by atoms with Crippen LogP contribution in [-0.2, 0) is 4.74 Å². The molecule has 0 aliphatic heterocycles. The van der Waals surface area contributed by atoms with E-state index in [1.165, 1.54) is 0 Å². The zero-order valence-corrected chi connectivity index (χ0v) is 14.7. The zero-order valence-electron chi connectivity index (χ0n) is 14.7. The summed E-state index contributed by atoms with van der Waals surface area (Å²) in [6.07, 6.45) is 5.66. The van der Waals surface area contributed by atoms with E-state index in [9.17, 15) is 4.79 Å². The number of alkyl carbamates (subject to hydrolysis) is 1. The molecule has 0 aromatic carbocycles. The van der Waals surface area contributed by atoms with Crippen LogP contribution in [0.3, 0.4) is 0 Å². The predicted octanol–water partition coefficient (Wildman–Crippen LogP) is 3.02. The van der Waals surface area contributed by atoms with Crippen LogP contribution >= 0.6 is 0 Å². The fourth-order valence-corrected chi connectivity index (χ4v) is 3.07. The Labute approximate surface area is 146 Å². The van der Waals surface area contributed by atoms with Crippen LogP contribution in [0.5, 0.6) is 0 Å². The molecule has 1 amide bonds. The largest absolute Gasteiger partial charge is 0.447 e. The van der Waals surface area contributed by atoms with Crippen LogP contribution in [0.15, 0.2) is 18.5 Å². The van der Waals surface area contributed by atoms with Crippen LogP contribution in [0.2, 0.25) is 0 Å². The molecule has 1 aliphatic carbocycles. The molecule has 8 nitrogen and oxygen atoms in total. The molecule has 1 saturated carbocycles. The number of aryl methyl sites for hydroxylation is 1. The van der Waals surface area contributed by atoms with Crippen LogP contribution in [0.4, 0.5) is 16.4 Å². The van der Waals surface area contributed by atoms with E-state index >= 15 is 0 Å². The normalized spacial score (nSPS) is 19.8. The maximum absolute atomic E-state index is 11.7.